The van der Waals surface area contributed by atoms with E-state index in [0.717, 1.165) is 19.4 Å². The maximum Gasteiger partial charge on any atom is 0.241 e. The molecule has 1 aliphatic heterocycles. The molecule has 1 amide bonds. The highest BCUT2D eigenvalue weighted by molar-refractivity contribution is 7.99. The van der Waals surface area contributed by atoms with E-state index in [-0.39, 0.29) is 22.9 Å². The van der Waals surface area contributed by atoms with Crippen LogP contribution < -0.4 is 5.32 Å². The molecular formula is C14H28N2OS. The van der Waals surface area contributed by atoms with Crippen LogP contribution in [-0.4, -0.2) is 40.6 Å². The van der Waals surface area contributed by atoms with E-state index >= 15 is 0 Å². The Labute approximate surface area is 116 Å². The second kappa shape index (κ2) is 6.29. The van der Waals surface area contributed by atoms with Crippen molar-refractivity contribution in [1.29, 1.82) is 0 Å². The maximum absolute atomic E-state index is 12.4. The summed E-state index contributed by atoms with van der Waals surface area (Å²) < 4.78 is 0.120. The lowest BCUT2D eigenvalue weighted by molar-refractivity contribution is -0.130. The molecule has 1 aliphatic rings. The first-order chi connectivity index (χ1) is 8.30. The van der Waals surface area contributed by atoms with Crippen LogP contribution >= 0.6 is 11.8 Å². The largest absolute Gasteiger partial charge is 0.324 e. The average molecular weight is 272 g/mol. The fourth-order valence-electron chi connectivity index (χ4n) is 2.34. The Hall–Kier alpha value is -0.220. The van der Waals surface area contributed by atoms with Crippen molar-refractivity contribution in [2.45, 2.75) is 64.4 Å². The molecule has 0 spiro atoms. The zero-order valence-corrected chi connectivity index (χ0v) is 13.4. The standard InChI is InChI=1S/C14H28N2OS/c1-7-11-13(17)16(9-14(4,5)18-6)12(15-11)8-10(2)3/h10-12,15H,7-9H2,1-6H3. The van der Waals surface area contributed by atoms with E-state index < -0.39 is 0 Å². The minimum absolute atomic E-state index is 0.0198. The number of rotatable bonds is 6. The lowest BCUT2D eigenvalue weighted by atomic mass is 10.1. The van der Waals surface area contributed by atoms with Gasteiger partial charge in [-0.1, -0.05) is 20.8 Å². The number of carbonyl (C=O) groups excluding carboxylic acids is 1. The van der Waals surface area contributed by atoms with Gasteiger partial charge < -0.3 is 4.90 Å². The Kier molecular flexibility index (Phi) is 5.53. The fourth-order valence-corrected chi connectivity index (χ4v) is 2.61. The molecule has 0 aromatic rings. The lowest BCUT2D eigenvalue weighted by Gasteiger charge is -2.33. The third-order valence-corrected chi connectivity index (χ3v) is 4.79. The minimum Gasteiger partial charge on any atom is -0.324 e. The SMILES string of the molecule is CCC1NC(CC(C)C)N(CC(C)(C)SC)C1=O. The van der Waals surface area contributed by atoms with E-state index in [2.05, 4.69) is 51.1 Å². The van der Waals surface area contributed by atoms with Crippen LogP contribution in [0.3, 0.4) is 0 Å². The monoisotopic (exact) mass is 272 g/mol. The van der Waals surface area contributed by atoms with Gasteiger partial charge >= 0.3 is 0 Å². The molecule has 3 nitrogen and oxygen atoms in total. The summed E-state index contributed by atoms with van der Waals surface area (Å²) in [6.45, 7) is 11.7. The Balaban J connectivity index is 2.78. The molecule has 0 radical (unpaired) electrons. The van der Waals surface area contributed by atoms with Gasteiger partial charge in [0.2, 0.25) is 5.91 Å². The van der Waals surface area contributed by atoms with Gasteiger partial charge in [-0.2, -0.15) is 11.8 Å². The lowest BCUT2D eigenvalue weighted by Crippen LogP contribution is -2.44. The molecule has 4 heteroatoms. The Morgan fingerprint density at radius 3 is 2.50 bits per heavy atom. The van der Waals surface area contributed by atoms with Crippen LogP contribution in [0.2, 0.25) is 0 Å². The van der Waals surface area contributed by atoms with Crippen LogP contribution in [-0.2, 0) is 4.79 Å². The van der Waals surface area contributed by atoms with Crippen molar-refractivity contribution < 1.29 is 4.79 Å². The Morgan fingerprint density at radius 1 is 1.44 bits per heavy atom. The van der Waals surface area contributed by atoms with Crippen molar-refractivity contribution >= 4 is 17.7 Å². The van der Waals surface area contributed by atoms with Crippen LogP contribution in [0.1, 0.15) is 47.5 Å². The van der Waals surface area contributed by atoms with Crippen molar-refractivity contribution in [3.8, 4) is 0 Å². The van der Waals surface area contributed by atoms with Gasteiger partial charge in [0, 0.05) is 11.3 Å². The third-order valence-electron chi connectivity index (χ3n) is 3.56. The van der Waals surface area contributed by atoms with E-state index in [1.54, 1.807) is 0 Å². The van der Waals surface area contributed by atoms with Gasteiger partial charge in [-0.3, -0.25) is 10.1 Å². The molecular weight excluding hydrogens is 244 g/mol. The summed E-state index contributed by atoms with van der Waals surface area (Å²) in [5.41, 5.74) is 0. The normalized spacial score (nSPS) is 25.3. The topological polar surface area (TPSA) is 32.3 Å². The summed E-state index contributed by atoms with van der Waals surface area (Å²) in [7, 11) is 0. The molecule has 0 aliphatic carbocycles. The first-order valence-electron chi connectivity index (χ1n) is 6.92. The number of hydrogen-bond donors (Lipinski definition) is 1. The van der Waals surface area contributed by atoms with Crippen molar-refractivity contribution in [3.63, 3.8) is 0 Å². The Bertz CT molecular complexity index is 292. The number of thioether (sulfide) groups is 1. The average Bonchev–Trinajstić information content (AvgIpc) is 2.56. The van der Waals surface area contributed by atoms with Crippen molar-refractivity contribution in [1.82, 2.24) is 10.2 Å². The summed E-state index contributed by atoms with van der Waals surface area (Å²) in [6.07, 6.45) is 4.24. The van der Waals surface area contributed by atoms with Crippen molar-refractivity contribution in [3.05, 3.63) is 0 Å². The highest BCUT2D eigenvalue weighted by Gasteiger charge is 2.40. The zero-order chi connectivity index (χ0) is 13.9. The number of nitrogens with zero attached hydrogens (tertiary/aromatic N) is 1. The highest BCUT2D eigenvalue weighted by atomic mass is 32.2. The predicted octanol–water partition coefficient (Wildman–Crippen LogP) is 2.71. The zero-order valence-electron chi connectivity index (χ0n) is 12.6. The van der Waals surface area contributed by atoms with E-state index in [4.69, 9.17) is 0 Å². The van der Waals surface area contributed by atoms with E-state index in [0.29, 0.717) is 5.92 Å². The summed E-state index contributed by atoms with van der Waals surface area (Å²) in [5.74, 6) is 0.885. The summed E-state index contributed by atoms with van der Waals surface area (Å²) >= 11 is 1.82. The van der Waals surface area contributed by atoms with Crippen LogP contribution in [0.5, 0.6) is 0 Å². The quantitative estimate of drug-likeness (QED) is 0.807. The van der Waals surface area contributed by atoms with Gasteiger partial charge in [-0.05, 0) is 38.9 Å². The summed E-state index contributed by atoms with van der Waals surface area (Å²) in [5, 5.41) is 3.49. The van der Waals surface area contributed by atoms with Crippen molar-refractivity contribution in [2.24, 2.45) is 5.92 Å². The molecule has 0 aromatic heterocycles. The third kappa shape index (κ3) is 3.89. The van der Waals surface area contributed by atoms with Gasteiger partial charge in [0.05, 0.1) is 12.2 Å². The van der Waals surface area contributed by atoms with Gasteiger partial charge in [0.15, 0.2) is 0 Å². The molecule has 1 N–H and O–H groups in total. The summed E-state index contributed by atoms with van der Waals surface area (Å²) in [6, 6.07) is 0.0198. The van der Waals surface area contributed by atoms with Crippen molar-refractivity contribution in [2.75, 3.05) is 12.8 Å². The maximum atomic E-state index is 12.4. The number of carbonyl (C=O) groups is 1. The van der Waals surface area contributed by atoms with Crippen LogP contribution in [0.4, 0.5) is 0 Å². The molecule has 1 rings (SSSR count). The van der Waals surface area contributed by atoms with Crippen LogP contribution in [0, 0.1) is 5.92 Å². The van der Waals surface area contributed by atoms with Gasteiger partial charge in [-0.15, -0.1) is 0 Å². The van der Waals surface area contributed by atoms with Crippen LogP contribution in [0.25, 0.3) is 0 Å². The fraction of sp³-hybridized carbons (Fsp3) is 0.929. The smallest absolute Gasteiger partial charge is 0.241 e. The molecule has 106 valence electrons. The van der Waals surface area contributed by atoms with E-state index in [1.807, 2.05) is 11.8 Å². The summed E-state index contributed by atoms with van der Waals surface area (Å²) in [4.78, 5) is 14.4. The van der Waals surface area contributed by atoms with Gasteiger partial charge in [0.1, 0.15) is 0 Å². The van der Waals surface area contributed by atoms with Crippen LogP contribution in [0.15, 0.2) is 0 Å². The minimum atomic E-state index is 0.0198. The van der Waals surface area contributed by atoms with Gasteiger partial charge in [-0.25, -0.2) is 0 Å². The first-order valence-corrected chi connectivity index (χ1v) is 8.15. The molecule has 2 atom stereocenters. The number of nitrogens with one attached hydrogen (secondary N) is 1. The molecule has 1 heterocycles. The molecule has 18 heavy (non-hydrogen) atoms. The molecule has 0 aromatic carbocycles. The molecule has 0 saturated carbocycles. The predicted molar refractivity (Wildman–Crippen MR) is 79.8 cm³/mol. The van der Waals surface area contributed by atoms with E-state index in [9.17, 15) is 4.79 Å². The molecule has 1 fully saturated rings. The van der Waals surface area contributed by atoms with Gasteiger partial charge in [0.25, 0.3) is 0 Å². The second-order valence-corrected chi connectivity index (χ2v) is 7.72. The number of amides is 1. The first kappa shape index (κ1) is 15.8. The second-order valence-electron chi connectivity index (χ2n) is 6.20. The Morgan fingerprint density at radius 2 is 2.06 bits per heavy atom. The highest BCUT2D eigenvalue weighted by Crippen LogP contribution is 2.27. The molecule has 1 saturated heterocycles. The number of hydrogen-bond acceptors (Lipinski definition) is 3. The molecule has 0 bridgehead atoms. The molecule has 2 unspecified atom stereocenters. The van der Waals surface area contributed by atoms with E-state index in [1.165, 1.54) is 0 Å².